The summed E-state index contributed by atoms with van der Waals surface area (Å²) >= 11 is 0. The maximum atomic E-state index is 12.8. The maximum Gasteiger partial charge on any atom is 0.260 e. The van der Waals surface area contributed by atoms with Crippen molar-refractivity contribution in [2.24, 2.45) is 5.92 Å². The number of benzene rings is 1. The number of ether oxygens (including phenoxy) is 1. The van der Waals surface area contributed by atoms with Gasteiger partial charge in [0, 0.05) is 30.2 Å². The van der Waals surface area contributed by atoms with Gasteiger partial charge < -0.3 is 14.5 Å². The minimum Gasteiger partial charge on any atom is -0.484 e. The predicted molar refractivity (Wildman–Crippen MR) is 110 cm³/mol. The normalized spacial score (nSPS) is 22.2. The Kier molecular flexibility index (Phi) is 6.63. The Morgan fingerprint density at radius 1 is 1.07 bits per heavy atom. The van der Waals surface area contributed by atoms with Crippen molar-refractivity contribution in [3.05, 3.63) is 29.8 Å². The van der Waals surface area contributed by atoms with Gasteiger partial charge in [-0.1, -0.05) is 13.8 Å². The number of nitrogens with zero attached hydrogens (tertiary/aromatic N) is 2. The zero-order valence-electron chi connectivity index (χ0n) is 17.7. The van der Waals surface area contributed by atoms with Crippen LogP contribution in [0.4, 0.5) is 0 Å². The first-order valence-corrected chi connectivity index (χ1v) is 10.7. The topological polar surface area (TPSA) is 49.9 Å². The molecule has 0 radical (unpaired) electrons. The number of carbonyl (C=O) groups is 2. The third-order valence-corrected chi connectivity index (χ3v) is 5.76. The van der Waals surface area contributed by atoms with Crippen LogP contribution in [0.25, 0.3) is 0 Å². The number of hydrogen-bond donors (Lipinski definition) is 0. The molecule has 1 aliphatic heterocycles. The molecule has 0 aromatic heterocycles. The Balaban J connectivity index is 1.56. The Bertz CT molecular complexity index is 672. The van der Waals surface area contributed by atoms with Crippen LogP contribution in [0, 0.1) is 5.92 Å². The highest BCUT2D eigenvalue weighted by Crippen LogP contribution is 2.29. The highest BCUT2D eigenvalue weighted by molar-refractivity contribution is 5.94. The monoisotopic (exact) mass is 386 g/mol. The van der Waals surface area contributed by atoms with Crippen molar-refractivity contribution in [1.29, 1.82) is 0 Å². The van der Waals surface area contributed by atoms with Crippen molar-refractivity contribution in [2.75, 3.05) is 13.2 Å². The number of carbonyl (C=O) groups excluding carboxylic acids is 2. The van der Waals surface area contributed by atoms with E-state index in [1.54, 1.807) is 12.1 Å². The first-order chi connectivity index (χ1) is 13.4. The fraction of sp³-hybridized carbons (Fsp3) is 0.652. The van der Waals surface area contributed by atoms with Crippen molar-refractivity contribution in [3.8, 4) is 5.75 Å². The average Bonchev–Trinajstić information content (AvgIpc) is 3.49. The van der Waals surface area contributed by atoms with Crippen LogP contribution in [0.5, 0.6) is 5.75 Å². The van der Waals surface area contributed by atoms with Crippen molar-refractivity contribution in [3.63, 3.8) is 0 Å². The molecule has 5 heteroatoms. The summed E-state index contributed by atoms with van der Waals surface area (Å²) in [6, 6.07) is 8.16. The second-order valence-corrected chi connectivity index (χ2v) is 8.83. The van der Waals surface area contributed by atoms with Crippen LogP contribution in [-0.2, 0) is 4.79 Å². The first kappa shape index (κ1) is 20.7. The quantitative estimate of drug-likeness (QED) is 0.708. The molecule has 2 aliphatic rings. The van der Waals surface area contributed by atoms with Crippen molar-refractivity contribution in [1.82, 2.24) is 9.80 Å². The largest absolute Gasteiger partial charge is 0.484 e. The summed E-state index contributed by atoms with van der Waals surface area (Å²) in [4.78, 5) is 29.4. The molecular formula is C23H34N2O3. The zero-order chi connectivity index (χ0) is 20.3. The first-order valence-electron chi connectivity index (χ1n) is 10.7. The molecule has 5 nitrogen and oxygen atoms in total. The van der Waals surface area contributed by atoms with Crippen molar-refractivity contribution in [2.45, 2.75) is 77.9 Å². The SMILES string of the molecule is CC(C)CN(C(=O)c1ccc(OCC(=O)N2C(C)CCCC2C)cc1)C1CC1. The second kappa shape index (κ2) is 8.97. The summed E-state index contributed by atoms with van der Waals surface area (Å²) in [5, 5.41) is 0. The second-order valence-electron chi connectivity index (χ2n) is 8.83. The van der Waals surface area contributed by atoms with E-state index in [0.29, 0.717) is 23.3 Å². The van der Waals surface area contributed by atoms with Gasteiger partial charge in [0.2, 0.25) is 0 Å². The van der Waals surface area contributed by atoms with E-state index in [9.17, 15) is 9.59 Å². The van der Waals surface area contributed by atoms with E-state index in [0.717, 1.165) is 32.2 Å². The summed E-state index contributed by atoms with van der Waals surface area (Å²) in [6.45, 7) is 9.33. The molecule has 2 amide bonds. The Morgan fingerprint density at radius 2 is 1.68 bits per heavy atom. The smallest absolute Gasteiger partial charge is 0.260 e. The molecular weight excluding hydrogens is 352 g/mol. The van der Waals surface area contributed by atoms with Crippen LogP contribution in [0.1, 0.15) is 70.2 Å². The third-order valence-electron chi connectivity index (χ3n) is 5.76. The molecule has 0 N–H and O–H groups in total. The number of hydrogen-bond acceptors (Lipinski definition) is 3. The lowest BCUT2D eigenvalue weighted by molar-refractivity contribution is -0.139. The van der Waals surface area contributed by atoms with Crippen LogP contribution in [0.2, 0.25) is 0 Å². The van der Waals surface area contributed by atoms with Crippen LogP contribution in [0.15, 0.2) is 24.3 Å². The van der Waals surface area contributed by atoms with Gasteiger partial charge in [-0.05, 0) is 76.1 Å². The lowest BCUT2D eigenvalue weighted by atomic mass is 9.97. The molecule has 1 aromatic rings. The molecule has 28 heavy (non-hydrogen) atoms. The lowest BCUT2D eigenvalue weighted by Crippen LogP contribution is -2.49. The summed E-state index contributed by atoms with van der Waals surface area (Å²) in [6.07, 6.45) is 5.50. The van der Waals surface area contributed by atoms with Crippen LogP contribution >= 0.6 is 0 Å². The van der Waals surface area contributed by atoms with E-state index in [4.69, 9.17) is 4.74 Å². The molecule has 1 aromatic carbocycles. The molecule has 3 rings (SSSR count). The standard InChI is InChI=1S/C23H34N2O3/c1-16(2)14-24(20-10-11-20)23(27)19-8-12-21(13-9-19)28-15-22(26)25-17(3)6-5-7-18(25)4/h8-9,12-13,16-18,20H,5-7,10-11,14-15H2,1-4H3. The van der Waals surface area contributed by atoms with Gasteiger partial charge in [-0.3, -0.25) is 9.59 Å². The molecule has 1 saturated carbocycles. The molecule has 1 aliphatic carbocycles. The fourth-order valence-electron chi connectivity index (χ4n) is 4.17. The van der Waals surface area contributed by atoms with Gasteiger partial charge in [0.05, 0.1) is 0 Å². The zero-order valence-corrected chi connectivity index (χ0v) is 17.7. The Labute approximate surface area is 169 Å². The number of amides is 2. The average molecular weight is 387 g/mol. The lowest BCUT2D eigenvalue weighted by Gasteiger charge is -2.38. The summed E-state index contributed by atoms with van der Waals surface area (Å²) in [7, 11) is 0. The molecule has 2 fully saturated rings. The van der Waals surface area contributed by atoms with E-state index in [2.05, 4.69) is 27.7 Å². The van der Waals surface area contributed by atoms with Crippen LogP contribution in [-0.4, -0.2) is 52.9 Å². The minimum absolute atomic E-state index is 0.0386. The van der Waals surface area contributed by atoms with Gasteiger partial charge in [-0.15, -0.1) is 0 Å². The maximum absolute atomic E-state index is 12.8. The van der Waals surface area contributed by atoms with Gasteiger partial charge >= 0.3 is 0 Å². The molecule has 0 bridgehead atoms. The predicted octanol–water partition coefficient (Wildman–Crippen LogP) is 4.12. The molecule has 1 heterocycles. The summed E-state index contributed by atoms with van der Waals surface area (Å²) < 4.78 is 5.72. The number of rotatable bonds is 7. The third kappa shape index (κ3) is 5.06. The van der Waals surface area contributed by atoms with E-state index in [1.165, 1.54) is 6.42 Å². The molecule has 0 spiro atoms. The number of likely N-dealkylation sites (tertiary alicyclic amines) is 1. The summed E-state index contributed by atoms with van der Waals surface area (Å²) in [5.41, 5.74) is 0.685. The number of piperidine rings is 1. The minimum atomic E-state index is 0.0386. The van der Waals surface area contributed by atoms with Crippen molar-refractivity contribution >= 4 is 11.8 Å². The van der Waals surface area contributed by atoms with E-state index in [1.807, 2.05) is 21.9 Å². The molecule has 2 unspecified atom stereocenters. The summed E-state index contributed by atoms with van der Waals surface area (Å²) in [5.74, 6) is 1.22. The van der Waals surface area contributed by atoms with E-state index in [-0.39, 0.29) is 30.5 Å². The van der Waals surface area contributed by atoms with Gasteiger partial charge in [0.15, 0.2) is 6.61 Å². The van der Waals surface area contributed by atoms with Gasteiger partial charge in [-0.25, -0.2) is 0 Å². The van der Waals surface area contributed by atoms with Crippen molar-refractivity contribution < 1.29 is 14.3 Å². The van der Waals surface area contributed by atoms with Gasteiger partial charge in [0.25, 0.3) is 11.8 Å². The highest BCUT2D eigenvalue weighted by atomic mass is 16.5. The Morgan fingerprint density at radius 3 is 2.21 bits per heavy atom. The van der Waals surface area contributed by atoms with Crippen LogP contribution in [0.3, 0.4) is 0 Å². The van der Waals surface area contributed by atoms with E-state index >= 15 is 0 Å². The van der Waals surface area contributed by atoms with Gasteiger partial charge in [0.1, 0.15) is 5.75 Å². The van der Waals surface area contributed by atoms with Crippen LogP contribution < -0.4 is 4.74 Å². The fourth-order valence-corrected chi connectivity index (χ4v) is 4.17. The van der Waals surface area contributed by atoms with E-state index < -0.39 is 0 Å². The Hall–Kier alpha value is -2.04. The highest BCUT2D eigenvalue weighted by Gasteiger charge is 2.33. The molecule has 154 valence electrons. The van der Waals surface area contributed by atoms with Gasteiger partial charge in [-0.2, -0.15) is 0 Å². The molecule has 1 saturated heterocycles. The molecule has 2 atom stereocenters.